The summed E-state index contributed by atoms with van der Waals surface area (Å²) >= 11 is 5.61. The Balaban J connectivity index is 1.68. The van der Waals surface area contributed by atoms with Gasteiger partial charge in [0.05, 0.1) is 9.40 Å². The average molecular weight is 355 g/mol. The molecule has 2 nitrogen and oxygen atoms in total. The van der Waals surface area contributed by atoms with E-state index in [1.54, 1.807) is 0 Å². The first-order valence-electron chi connectivity index (χ1n) is 7.50. The van der Waals surface area contributed by atoms with Gasteiger partial charge >= 0.3 is 0 Å². The highest BCUT2D eigenvalue weighted by Gasteiger charge is 2.33. The van der Waals surface area contributed by atoms with Gasteiger partial charge in [0.15, 0.2) is 5.82 Å². The molecule has 0 amide bonds. The lowest BCUT2D eigenvalue weighted by molar-refractivity contribution is 0.731. The minimum Gasteiger partial charge on any atom is -0.237 e. The molecule has 4 aromatic rings. The van der Waals surface area contributed by atoms with Crippen LogP contribution in [0.5, 0.6) is 0 Å². The van der Waals surface area contributed by atoms with Crippen LogP contribution in [0.3, 0.4) is 0 Å². The molecule has 5 rings (SSSR count). The van der Waals surface area contributed by atoms with Crippen molar-refractivity contribution in [3.8, 4) is 10.4 Å². The molecule has 114 valence electrons. The second-order valence-electron chi connectivity index (χ2n) is 6.44. The van der Waals surface area contributed by atoms with Crippen molar-refractivity contribution >= 4 is 64.3 Å². The van der Waals surface area contributed by atoms with Crippen LogP contribution in [0.4, 0.5) is 5.82 Å². The zero-order chi connectivity index (χ0) is 15.8. The van der Waals surface area contributed by atoms with Crippen molar-refractivity contribution in [3.05, 3.63) is 35.3 Å². The number of rotatable bonds is 1. The topological polar surface area (TPSA) is 25.2 Å². The number of hydrogen-bond acceptors (Lipinski definition) is 5. The van der Waals surface area contributed by atoms with Crippen LogP contribution >= 0.6 is 34.0 Å². The minimum absolute atomic E-state index is 0.0198. The molecule has 0 N–H and O–H groups in total. The summed E-state index contributed by atoms with van der Waals surface area (Å²) in [6.07, 6.45) is 1.97. The Labute approximate surface area is 146 Å². The Bertz CT molecular complexity index is 1110. The Morgan fingerprint density at radius 2 is 1.91 bits per heavy atom. The number of aliphatic imine (C=N–C) groups is 1. The van der Waals surface area contributed by atoms with E-state index in [0.29, 0.717) is 0 Å². The first-order valence-corrected chi connectivity index (χ1v) is 10.0. The average Bonchev–Trinajstić information content (AvgIpc) is 3.21. The summed E-state index contributed by atoms with van der Waals surface area (Å²) in [7, 11) is 0. The molecule has 0 saturated carbocycles. The van der Waals surface area contributed by atoms with E-state index in [1.807, 2.05) is 40.2 Å². The standard InChI is InChI=1S/C18H14N2S3/c1-9-18(2,3)11-6-10(8-19-17(11)20-9)13-7-14-16(23-13)15-12(22-14)4-5-21-15/h4-8H,1-3H3. The molecule has 0 aliphatic carbocycles. The number of hydrogen-bond donors (Lipinski definition) is 0. The van der Waals surface area contributed by atoms with E-state index >= 15 is 0 Å². The van der Waals surface area contributed by atoms with Crippen molar-refractivity contribution in [2.45, 2.75) is 26.2 Å². The van der Waals surface area contributed by atoms with Crippen LogP contribution in [0.2, 0.25) is 0 Å². The molecule has 23 heavy (non-hydrogen) atoms. The molecule has 0 bridgehead atoms. The molecule has 0 radical (unpaired) electrons. The summed E-state index contributed by atoms with van der Waals surface area (Å²) in [5.74, 6) is 0.885. The fourth-order valence-electron chi connectivity index (χ4n) is 3.05. The lowest BCUT2D eigenvalue weighted by atomic mass is 9.82. The van der Waals surface area contributed by atoms with Gasteiger partial charge in [-0.1, -0.05) is 13.8 Å². The van der Waals surface area contributed by atoms with E-state index in [9.17, 15) is 0 Å². The molecule has 0 fully saturated rings. The molecule has 0 spiro atoms. The van der Waals surface area contributed by atoms with Crippen LogP contribution in [-0.2, 0) is 5.41 Å². The third-order valence-corrected chi connectivity index (χ3v) is 8.38. The zero-order valence-corrected chi connectivity index (χ0v) is 15.5. The van der Waals surface area contributed by atoms with Crippen LogP contribution in [0, 0.1) is 0 Å². The summed E-state index contributed by atoms with van der Waals surface area (Å²) in [5.41, 5.74) is 3.57. The molecule has 4 aromatic heterocycles. The molecule has 5 heteroatoms. The number of thiophene rings is 3. The maximum Gasteiger partial charge on any atom is 0.155 e. The monoisotopic (exact) mass is 354 g/mol. The van der Waals surface area contributed by atoms with Crippen molar-refractivity contribution < 1.29 is 0 Å². The van der Waals surface area contributed by atoms with Gasteiger partial charge in [-0.05, 0) is 30.5 Å². The van der Waals surface area contributed by atoms with Crippen molar-refractivity contribution in [1.29, 1.82) is 0 Å². The van der Waals surface area contributed by atoms with Crippen molar-refractivity contribution in [3.63, 3.8) is 0 Å². The summed E-state index contributed by atoms with van der Waals surface area (Å²) in [5, 5.41) is 2.18. The third-order valence-electron chi connectivity index (χ3n) is 4.76. The fraction of sp³-hybridized carbons (Fsp3) is 0.222. The van der Waals surface area contributed by atoms with Crippen LogP contribution < -0.4 is 0 Å². The van der Waals surface area contributed by atoms with Crippen LogP contribution in [0.25, 0.3) is 29.2 Å². The molecule has 0 saturated heterocycles. The predicted octanol–water partition coefficient (Wildman–Crippen LogP) is 6.62. The van der Waals surface area contributed by atoms with E-state index in [2.05, 4.69) is 54.3 Å². The first kappa shape index (κ1) is 13.8. The summed E-state index contributed by atoms with van der Waals surface area (Å²) < 4.78 is 5.64. The van der Waals surface area contributed by atoms with Gasteiger partial charge in [0.25, 0.3) is 0 Å². The van der Waals surface area contributed by atoms with E-state index in [-0.39, 0.29) is 5.41 Å². The van der Waals surface area contributed by atoms with Gasteiger partial charge in [-0.15, -0.1) is 34.0 Å². The zero-order valence-electron chi connectivity index (χ0n) is 13.0. The second kappa shape index (κ2) is 4.50. The molecular formula is C18H14N2S3. The Hall–Kier alpha value is -1.56. The molecule has 0 atom stereocenters. The lowest BCUT2D eigenvalue weighted by Gasteiger charge is -2.19. The van der Waals surface area contributed by atoms with E-state index in [4.69, 9.17) is 0 Å². The molecule has 1 aliphatic rings. The largest absolute Gasteiger partial charge is 0.237 e. The van der Waals surface area contributed by atoms with Gasteiger partial charge in [0.2, 0.25) is 0 Å². The smallest absolute Gasteiger partial charge is 0.155 e. The summed E-state index contributed by atoms with van der Waals surface area (Å²) in [6.45, 7) is 6.55. The molecular weight excluding hydrogens is 340 g/mol. The van der Waals surface area contributed by atoms with Crippen molar-refractivity contribution in [2.75, 3.05) is 0 Å². The van der Waals surface area contributed by atoms with E-state index in [1.165, 1.54) is 34.8 Å². The van der Waals surface area contributed by atoms with Gasteiger partial charge in [-0.2, -0.15) is 0 Å². The van der Waals surface area contributed by atoms with Gasteiger partial charge in [-0.3, -0.25) is 0 Å². The van der Waals surface area contributed by atoms with Crippen LogP contribution in [-0.4, -0.2) is 10.7 Å². The molecule has 1 aliphatic heterocycles. The van der Waals surface area contributed by atoms with Gasteiger partial charge in [0, 0.05) is 42.7 Å². The maximum absolute atomic E-state index is 4.62. The minimum atomic E-state index is -0.0198. The summed E-state index contributed by atoms with van der Waals surface area (Å²) in [4.78, 5) is 10.5. The highest BCUT2D eigenvalue weighted by atomic mass is 32.1. The van der Waals surface area contributed by atoms with Gasteiger partial charge in [-0.25, -0.2) is 9.98 Å². The predicted molar refractivity (Wildman–Crippen MR) is 104 cm³/mol. The maximum atomic E-state index is 4.62. The second-order valence-corrected chi connectivity index (χ2v) is 9.49. The number of nitrogens with zero attached hydrogens (tertiary/aromatic N) is 2. The number of fused-ring (bicyclic) bond motifs is 4. The van der Waals surface area contributed by atoms with E-state index in [0.717, 1.165) is 11.5 Å². The summed E-state index contributed by atoms with van der Waals surface area (Å²) in [6, 6.07) is 6.82. The van der Waals surface area contributed by atoms with Crippen LogP contribution in [0.1, 0.15) is 26.3 Å². The molecule has 0 unspecified atom stereocenters. The van der Waals surface area contributed by atoms with Crippen molar-refractivity contribution in [1.82, 2.24) is 4.98 Å². The number of pyridine rings is 1. The van der Waals surface area contributed by atoms with Crippen LogP contribution in [0.15, 0.2) is 34.8 Å². The number of aromatic nitrogens is 1. The third kappa shape index (κ3) is 1.84. The highest BCUT2D eigenvalue weighted by Crippen LogP contribution is 2.46. The molecule has 0 aromatic carbocycles. The van der Waals surface area contributed by atoms with E-state index < -0.39 is 0 Å². The highest BCUT2D eigenvalue weighted by molar-refractivity contribution is 7.38. The Morgan fingerprint density at radius 3 is 2.78 bits per heavy atom. The first-order chi connectivity index (χ1) is 11.0. The SMILES string of the molecule is CC1=Nc2ncc(-c3cc4sc5ccsc5c4s3)cc2C1(C)C. The van der Waals surface area contributed by atoms with Gasteiger partial charge < -0.3 is 0 Å². The Kier molecular flexibility index (Phi) is 2.71. The lowest BCUT2D eigenvalue weighted by Crippen LogP contribution is -2.22. The normalized spacial score (nSPS) is 16.2. The van der Waals surface area contributed by atoms with Gasteiger partial charge in [0.1, 0.15) is 0 Å². The molecule has 5 heterocycles. The van der Waals surface area contributed by atoms with Crippen molar-refractivity contribution in [2.24, 2.45) is 4.99 Å². The Morgan fingerprint density at radius 1 is 1.04 bits per heavy atom. The quantitative estimate of drug-likeness (QED) is 0.377. The fourth-order valence-corrected chi connectivity index (χ4v) is 6.80.